The molecule has 1 aliphatic heterocycles. The summed E-state index contributed by atoms with van der Waals surface area (Å²) in [6.07, 6.45) is 0. The Bertz CT molecular complexity index is 1010. The molecule has 0 aliphatic carbocycles. The van der Waals surface area contributed by atoms with Gasteiger partial charge in [0.25, 0.3) is 0 Å². The number of ether oxygens (including phenoxy) is 1. The predicted molar refractivity (Wildman–Crippen MR) is 126 cm³/mol. The molecular weight excluding hydrogens is 386 g/mol. The highest BCUT2D eigenvalue weighted by Crippen LogP contribution is 2.27. The highest BCUT2D eigenvalue weighted by atomic mass is 16.5. The first-order chi connectivity index (χ1) is 15.2. The molecule has 0 radical (unpaired) electrons. The van der Waals surface area contributed by atoms with Gasteiger partial charge in [0.05, 0.1) is 7.11 Å². The van der Waals surface area contributed by atoms with Crippen molar-refractivity contribution in [2.45, 2.75) is 13.0 Å². The Hall–Kier alpha value is -3.31. The third kappa shape index (κ3) is 4.89. The second-order valence-electron chi connectivity index (χ2n) is 7.84. The number of nitrogens with one attached hydrogen (secondary N) is 1. The van der Waals surface area contributed by atoms with E-state index in [2.05, 4.69) is 46.3 Å². The molecule has 1 saturated heterocycles. The number of para-hydroxylation sites is 1. The van der Waals surface area contributed by atoms with Gasteiger partial charge in [-0.25, -0.2) is 0 Å². The van der Waals surface area contributed by atoms with E-state index in [4.69, 9.17) is 4.74 Å². The van der Waals surface area contributed by atoms with E-state index < -0.39 is 0 Å². The van der Waals surface area contributed by atoms with Gasteiger partial charge in [-0.2, -0.15) is 0 Å². The van der Waals surface area contributed by atoms with Crippen LogP contribution in [0.5, 0.6) is 5.75 Å². The molecule has 1 amide bonds. The van der Waals surface area contributed by atoms with Crippen LogP contribution in [0, 0.1) is 6.92 Å². The quantitative estimate of drug-likeness (QED) is 0.644. The fraction of sp³-hybridized carbons (Fsp3) is 0.269. The third-order valence-corrected chi connectivity index (χ3v) is 5.84. The molecule has 3 aromatic carbocycles. The molecule has 1 N–H and O–H groups in total. The molecule has 1 aliphatic rings. The highest BCUT2D eigenvalue weighted by Gasteiger charge is 2.31. The van der Waals surface area contributed by atoms with Gasteiger partial charge in [-0.15, -0.1) is 0 Å². The summed E-state index contributed by atoms with van der Waals surface area (Å²) >= 11 is 0. The predicted octanol–water partition coefficient (Wildman–Crippen LogP) is 4.51. The number of methoxy groups -OCH3 is 1. The van der Waals surface area contributed by atoms with E-state index in [0.29, 0.717) is 0 Å². The summed E-state index contributed by atoms with van der Waals surface area (Å²) in [7, 11) is 1.63. The lowest BCUT2D eigenvalue weighted by atomic mass is 10.0. The second kappa shape index (κ2) is 9.67. The smallest absolute Gasteiger partial charge is 0.246 e. The fourth-order valence-electron chi connectivity index (χ4n) is 4.21. The zero-order chi connectivity index (χ0) is 21.6. The van der Waals surface area contributed by atoms with Crippen molar-refractivity contribution in [3.8, 4) is 5.75 Å². The van der Waals surface area contributed by atoms with Gasteiger partial charge in [-0.1, -0.05) is 54.6 Å². The van der Waals surface area contributed by atoms with Crippen molar-refractivity contribution < 1.29 is 9.53 Å². The Morgan fingerprint density at radius 3 is 2.32 bits per heavy atom. The van der Waals surface area contributed by atoms with Gasteiger partial charge >= 0.3 is 0 Å². The van der Waals surface area contributed by atoms with E-state index in [1.807, 2.05) is 54.6 Å². The van der Waals surface area contributed by atoms with Gasteiger partial charge in [-0.3, -0.25) is 9.69 Å². The first-order valence-electron chi connectivity index (χ1n) is 10.7. The summed E-state index contributed by atoms with van der Waals surface area (Å²) in [5.74, 6) is 0.699. The first kappa shape index (κ1) is 20.9. The lowest BCUT2D eigenvalue weighted by molar-refractivity contribution is -0.121. The van der Waals surface area contributed by atoms with Crippen molar-refractivity contribution in [3.05, 3.63) is 90.0 Å². The minimum atomic E-state index is -0.341. The maximum absolute atomic E-state index is 13.4. The number of hydrogen-bond donors (Lipinski definition) is 1. The van der Waals surface area contributed by atoms with E-state index in [-0.39, 0.29) is 11.9 Å². The number of amides is 1. The molecule has 0 bridgehead atoms. The van der Waals surface area contributed by atoms with Crippen LogP contribution < -0.4 is 15.0 Å². The Morgan fingerprint density at radius 1 is 0.903 bits per heavy atom. The van der Waals surface area contributed by atoms with Crippen LogP contribution in [0.4, 0.5) is 11.4 Å². The molecule has 0 aromatic heterocycles. The van der Waals surface area contributed by atoms with Crippen molar-refractivity contribution in [2.75, 3.05) is 43.5 Å². The average molecular weight is 416 g/mol. The molecule has 1 atom stereocenters. The Labute approximate surface area is 184 Å². The minimum Gasteiger partial charge on any atom is -0.497 e. The summed E-state index contributed by atoms with van der Waals surface area (Å²) in [6, 6.07) is 25.7. The van der Waals surface area contributed by atoms with E-state index >= 15 is 0 Å². The molecule has 31 heavy (non-hydrogen) atoms. The van der Waals surface area contributed by atoms with Gasteiger partial charge in [0.2, 0.25) is 5.91 Å². The van der Waals surface area contributed by atoms with E-state index in [9.17, 15) is 4.79 Å². The lowest BCUT2D eigenvalue weighted by Gasteiger charge is -2.40. The van der Waals surface area contributed by atoms with Crippen LogP contribution in [0.3, 0.4) is 0 Å². The van der Waals surface area contributed by atoms with Gasteiger partial charge in [0.15, 0.2) is 0 Å². The van der Waals surface area contributed by atoms with Crippen LogP contribution in [-0.2, 0) is 4.79 Å². The normalized spacial score (nSPS) is 15.4. The Kier molecular flexibility index (Phi) is 6.53. The van der Waals surface area contributed by atoms with Crippen LogP contribution in [0.25, 0.3) is 0 Å². The van der Waals surface area contributed by atoms with Crippen LogP contribution in [0.2, 0.25) is 0 Å². The standard InChI is InChI=1S/C26H29N3O2/c1-20-9-6-7-14-24(20)28-15-17-29(18-16-28)25(21-10-4-3-5-11-21)26(30)27-22-12-8-13-23(19-22)31-2/h3-14,19,25H,15-18H2,1-2H3,(H,27,30)/t25-/m0/s1. The number of aryl methyl sites for hydroxylation is 1. The number of piperazine rings is 1. The number of carbonyl (C=O) groups is 1. The monoisotopic (exact) mass is 415 g/mol. The van der Waals surface area contributed by atoms with Crippen molar-refractivity contribution in [3.63, 3.8) is 0 Å². The van der Waals surface area contributed by atoms with Crippen LogP contribution in [0.1, 0.15) is 17.2 Å². The molecule has 0 unspecified atom stereocenters. The topological polar surface area (TPSA) is 44.8 Å². The number of anilines is 2. The van der Waals surface area contributed by atoms with Gasteiger partial charge < -0.3 is 15.0 Å². The Balaban J connectivity index is 1.52. The van der Waals surface area contributed by atoms with Crippen LogP contribution in [0.15, 0.2) is 78.9 Å². The molecule has 5 nitrogen and oxygen atoms in total. The maximum Gasteiger partial charge on any atom is 0.246 e. The molecule has 1 heterocycles. The first-order valence-corrected chi connectivity index (χ1v) is 10.7. The summed E-state index contributed by atoms with van der Waals surface area (Å²) < 4.78 is 5.29. The average Bonchev–Trinajstić information content (AvgIpc) is 2.81. The van der Waals surface area contributed by atoms with Gasteiger partial charge in [-0.05, 0) is 36.2 Å². The molecule has 5 heteroatoms. The summed E-state index contributed by atoms with van der Waals surface area (Å²) in [6.45, 7) is 5.57. The van der Waals surface area contributed by atoms with Crippen molar-refractivity contribution >= 4 is 17.3 Å². The number of benzene rings is 3. The molecule has 0 saturated carbocycles. The van der Waals surface area contributed by atoms with E-state index in [1.54, 1.807) is 7.11 Å². The zero-order valence-electron chi connectivity index (χ0n) is 18.1. The molecule has 3 aromatic rings. The van der Waals surface area contributed by atoms with Gasteiger partial charge in [0.1, 0.15) is 11.8 Å². The maximum atomic E-state index is 13.4. The fourth-order valence-corrected chi connectivity index (χ4v) is 4.21. The Morgan fingerprint density at radius 2 is 1.61 bits per heavy atom. The largest absolute Gasteiger partial charge is 0.497 e. The zero-order valence-corrected chi connectivity index (χ0v) is 18.1. The van der Waals surface area contributed by atoms with Gasteiger partial charge in [0, 0.05) is 43.6 Å². The third-order valence-electron chi connectivity index (χ3n) is 5.84. The number of hydrogen-bond acceptors (Lipinski definition) is 4. The lowest BCUT2D eigenvalue weighted by Crippen LogP contribution is -2.50. The summed E-state index contributed by atoms with van der Waals surface area (Å²) in [4.78, 5) is 18.1. The van der Waals surface area contributed by atoms with Crippen molar-refractivity contribution in [1.82, 2.24) is 4.90 Å². The number of rotatable bonds is 6. The number of carbonyl (C=O) groups excluding carboxylic acids is 1. The van der Waals surface area contributed by atoms with Crippen LogP contribution in [-0.4, -0.2) is 44.1 Å². The SMILES string of the molecule is COc1cccc(NC(=O)[C@H](c2ccccc2)N2CCN(c3ccccc3C)CC2)c1. The molecule has 0 spiro atoms. The summed E-state index contributed by atoms with van der Waals surface area (Å²) in [5, 5.41) is 3.09. The van der Waals surface area contributed by atoms with Crippen molar-refractivity contribution in [1.29, 1.82) is 0 Å². The second-order valence-corrected chi connectivity index (χ2v) is 7.84. The molecular formula is C26H29N3O2. The van der Waals surface area contributed by atoms with E-state index in [0.717, 1.165) is 43.2 Å². The number of nitrogens with zero attached hydrogens (tertiary/aromatic N) is 2. The van der Waals surface area contributed by atoms with E-state index in [1.165, 1.54) is 11.3 Å². The van der Waals surface area contributed by atoms with Crippen molar-refractivity contribution in [2.24, 2.45) is 0 Å². The molecule has 4 rings (SSSR count). The minimum absolute atomic E-state index is 0.0243. The molecule has 1 fully saturated rings. The summed E-state index contributed by atoms with van der Waals surface area (Å²) in [5.41, 5.74) is 4.31. The van der Waals surface area contributed by atoms with Crippen LogP contribution >= 0.6 is 0 Å². The highest BCUT2D eigenvalue weighted by molar-refractivity contribution is 5.95. The molecule has 160 valence electrons.